The maximum Gasteiger partial charge on any atom is 0.158 e. The second kappa shape index (κ2) is 10.3. The Bertz CT molecular complexity index is 445. The van der Waals surface area contributed by atoms with E-state index >= 15 is 0 Å². The summed E-state index contributed by atoms with van der Waals surface area (Å²) in [7, 11) is 0. The average molecular weight is 347 g/mol. The molecule has 0 spiro atoms. The van der Waals surface area contributed by atoms with Crippen molar-refractivity contribution >= 4 is 0 Å². The Balaban J connectivity index is 1.62. The van der Waals surface area contributed by atoms with Gasteiger partial charge in [-0.3, -0.25) is 0 Å². The molecule has 0 aromatic heterocycles. The summed E-state index contributed by atoms with van der Waals surface area (Å²) in [4.78, 5) is 0. The zero-order chi connectivity index (χ0) is 17.3. The molecule has 2 bridgehead atoms. The SMILES string of the molecule is CCCC(CCC1OC2CCCCC(COCC2)O1)c1ccccc1. The number of hydrogen-bond donors (Lipinski definition) is 0. The van der Waals surface area contributed by atoms with E-state index in [1.165, 1.54) is 31.2 Å². The van der Waals surface area contributed by atoms with Gasteiger partial charge in [0.1, 0.15) is 0 Å². The van der Waals surface area contributed by atoms with Crippen LogP contribution < -0.4 is 0 Å². The third-order valence-corrected chi connectivity index (χ3v) is 5.54. The summed E-state index contributed by atoms with van der Waals surface area (Å²) >= 11 is 0. The Morgan fingerprint density at radius 3 is 2.52 bits per heavy atom. The van der Waals surface area contributed by atoms with Crippen LogP contribution >= 0.6 is 0 Å². The average Bonchev–Trinajstić information content (AvgIpc) is 2.81. The maximum atomic E-state index is 6.38. The molecule has 3 heteroatoms. The fourth-order valence-electron chi connectivity index (χ4n) is 4.13. The van der Waals surface area contributed by atoms with Crippen molar-refractivity contribution < 1.29 is 14.2 Å². The molecule has 0 aliphatic carbocycles. The van der Waals surface area contributed by atoms with Gasteiger partial charge in [-0.05, 0) is 50.0 Å². The second-order valence-electron chi connectivity index (χ2n) is 7.57. The van der Waals surface area contributed by atoms with Crippen LogP contribution in [0.2, 0.25) is 0 Å². The van der Waals surface area contributed by atoms with E-state index in [0.29, 0.717) is 12.0 Å². The van der Waals surface area contributed by atoms with E-state index in [1.807, 2.05) is 0 Å². The molecular formula is C22H34O3. The van der Waals surface area contributed by atoms with Crippen molar-refractivity contribution in [3.63, 3.8) is 0 Å². The van der Waals surface area contributed by atoms with Gasteiger partial charge in [-0.25, -0.2) is 0 Å². The lowest BCUT2D eigenvalue weighted by molar-refractivity contribution is -0.196. The van der Waals surface area contributed by atoms with Crippen molar-refractivity contribution in [2.45, 2.75) is 89.1 Å². The quantitative estimate of drug-likeness (QED) is 0.686. The summed E-state index contributed by atoms with van der Waals surface area (Å²) in [6.07, 6.45) is 10.7. The molecule has 2 fully saturated rings. The lowest BCUT2D eigenvalue weighted by atomic mass is 9.90. The minimum absolute atomic E-state index is 0.0714. The highest BCUT2D eigenvalue weighted by atomic mass is 16.7. The molecule has 2 aliphatic rings. The van der Waals surface area contributed by atoms with E-state index < -0.39 is 0 Å². The van der Waals surface area contributed by atoms with Crippen LogP contribution in [0.1, 0.15) is 76.2 Å². The summed E-state index contributed by atoms with van der Waals surface area (Å²) in [5.41, 5.74) is 1.45. The minimum atomic E-state index is -0.0714. The highest BCUT2D eigenvalue weighted by Crippen LogP contribution is 2.30. The van der Waals surface area contributed by atoms with Gasteiger partial charge in [0.2, 0.25) is 0 Å². The van der Waals surface area contributed by atoms with Crippen LogP contribution in [0.25, 0.3) is 0 Å². The second-order valence-corrected chi connectivity index (χ2v) is 7.57. The van der Waals surface area contributed by atoms with Crippen molar-refractivity contribution in [3.8, 4) is 0 Å². The van der Waals surface area contributed by atoms with Crippen molar-refractivity contribution in [3.05, 3.63) is 35.9 Å². The third kappa shape index (κ3) is 6.09. The molecule has 2 saturated heterocycles. The van der Waals surface area contributed by atoms with Gasteiger partial charge in [-0.15, -0.1) is 0 Å². The summed E-state index contributed by atoms with van der Waals surface area (Å²) in [5.74, 6) is 0.601. The molecule has 0 saturated carbocycles. The molecule has 2 aliphatic heterocycles. The van der Waals surface area contributed by atoms with Crippen LogP contribution in [0.3, 0.4) is 0 Å². The monoisotopic (exact) mass is 346 g/mol. The summed E-state index contributed by atoms with van der Waals surface area (Å²) in [6.45, 7) is 3.80. The van der Waals surface area contributed by atoms with Gasteiger partial charge < -0.3 is 14.2 Å². The van der Waals surface area contributed by atoms with Crippen LogP contribution in [0.5, 0.6) is 0 Å². The first-order valence-electron chi connectivity index (χ1n) is 10.3. The highest BCUT2D eigenvalue weighted by Gasteiger charge is 2.26. The van der Waals surface area contributed by atoms with Crippen LogP contribution in [0.4, 0.5) is 0 Å². The van der Waals surface area contributed by atoms with Gasteiger partial charge in [0.15, 0.2) is 6.29 Å². The van der Waals surface area contributed by atoms with Gasteiger partial charge in [0.25, 0.3) is 0 Å². The normalized spacial score (nSPS) is 29.1. The number of fused-ring (bicyclic) bond motifs is 4. The fraction of sp³-hybridized carbons (Fsp3) is 0.727. The molecule has 0 radical (unpaired) electrons. The molecule has 140 valence electrons. The highest BCUT2D eigenvalue weighted by molar-refractivity contribution is 5.19. The Kier molecular flexibility index (Phi) is 7.78. The summed E-state index contributed by atoms with van der Waals surface area (Å²) in [6, 6.07) is 10.9. The largest absolute Gasteiger partial charge is 0.379 e. The molecule has 1 aromatic rings. The maximum absolute atomic E-state index is 6.38. The van der Waals surface area contributed by atoms with Gasteiger partial charge in [0, 0.05) is 6.61 Å². The van der Waals surface area contributed by atoms with E-state index in [1.54, 1.807) is 0 Å². The molecule has 2 heterocycles. The molecule has 1 aromatic carbocycles. The summed E-state index contributed by atoms with van der Waals surface area (Å²) in [5, 5.41) is 0. The lowest BCUT2D eigenvalue weighted by Gasteiger charge is -2.27. The molecule has 3 nitrogen and oxygen atoms in total. The Morgan fingerprint density at radius 1 is 0.960 bits per heavy atom. The fourth-order valence-corrected chi connectivity index (χ4v) is 4.13. The molecular weight excluding hydrogens is 312 g/mol. The number of hydrogen-bond acceptors (Lipinski definition) is 3. The zero-order valence-electron chi connectivity index (χ0n) is 15.7. The predicted octanol–water partition coefficient (Wildman–Crippen LogP) is 5.44. The molecule has 4 unspecified atom stereocenters. The molecule has 4 atom stereocenters. The van der Waals surface area contributed by atoms with E-state index in [9.17, 15) is 0 Å². The number of benzene rings is 1. The van der Waals surface area contributed by atoms with Crippen molar-refractivity contribution in [2.24, 2.45) is 0 Å². The lowest BCUT2D eigenvalue weighted by Crippen LogP contribution is -2.29. The smallest absolute Gasteiger partial charge is 0.158 e. The first kappa shape index (κ1) is 18.9. The molecule has 3 rings (SSSR count). The van der Waals surface area contributed by atoms with E-state index in [4.69, 9.17) is 14.2 Å². The third-order valence-electron chi connectivity index (χ3n) is 5.54. The van der Waals surface area contributed by atoms with Crippen LogP contribution in [0.15, 0.2) is 30.3 Å². The van der Waals surface area contributed by atoms with Crippen LogP contribution in [0, 0.1) is 0 Å². The van der Waals surface area contributed by atoms with Crippen molar-refractivity contribution in [2.75, 3.05) is 13.2 Å². The molecule has 0 N–H and O–H groups in total. The standard InChI is InChI=1S/C22H34O3/c1-2-8-18(19-9-4-3-5-10-19)13-14-22-24-20-11-6-7-12-21(25-22)17-23-16-15-20/h3-5,9-10,18,20-22H,2,6-8,11-17H2,1H3. The van der Waals surface area contributed by atoms with Gasteiger partial charge in [-0.2, -0.15) is 0 Å². The van der Waals surface area contributed by atoms with E-state index in [2.05, 4.69) is 37.3 Å². The van der Waals surface area contributed by atoms with Gasteiger partial charge in [-0.1, -0.05) is 56.5 Å². The summed E-state index contributed by atoms with van der Waals surface area (Å²) < 4.78 is 18.5. The van der Waals surface area contributed by atoms with E-state index in [0.717, 1.165) is 45.3 Å². The number of ether oxygens (including phenoxy) is 3. The first-order chi connectivity index (χ1) is 12.3. The van der Waals surface area contributed by atoms with Crippen LogP contribution in [-0.2, 0) is 14.2 Å². The van der Waals surface area contributed by atoms with Crippen LogP contribution in [-0.4, -0.2) is 31.7 Å². The van der Waals surface area contributed by atoms with Crippen molar-refractivity contribution in [1.29, 1.82) is 0 Å². The Labute approximate surface area is 153 Å². The molecule has 0 amide bonds. The Morgan fingerprint density at radius 2 is 1.72 bits per heavy atom. The van der Waals surface area contributed by atoms with Gasteiger partial charge >= 0.3 is 0 Å². The number of rotatable bonds is 6. The first-order valence-corrected chi connectivity index (χ1v) is 10.3. The minimum Gasteiger partial charge on any atom is -0.379 e. The van der Waals surface area contributed by atoms with Crippen molar-refractivity contribution in [1.82, 2.24) is 0 Å². The topological polar surface area (TPSA) is 27.7 Å². The zero-order valence-corrected chi connectivity index (χ0v) is 15.7. The Hall–Kier alpha value is -0.900. The predicted molar refractivity (Wildman–Crippen MR) is 101 cm³/mol. The molecule has 25 heavy (non-hydrogen) atoms. The van der Waals surface area contributed by atoms with Gasteiger partial charge in [0.05, 0.1) is 18.8 Å². The van der Waals surface area contributed by atoms with E-state index in [-0.39, 0.29) is 12.4 Å².